The fourth-order valence-electron chi connectivity index (χ4n) is 1.13. The molecule has 1 heterocycles. The number of aromatic nitrogens is 2. The molecule has 0 aliphatic rings. The van der Waals surface area contributed by atoms with Crippen LogP contribution in [0.2, 0.25) is 5.15 Å². The van der Waals surface area contributed by atoms with Crippen molar-refractivity contribution in [1.82, 2.24) is 15.3 Å². The van der Waals surface area contributed by atoms with Crippen molar-refractivity contribution < 1.29 is 9.53 Å². The van der Waals surface area contributed by atoms with Gasteiger partial charge in [0, 0.05) is 5.69 Å². The van der Waals surface area contributed by atoms with Crippen molar-refractivity contribution in [2.75, 3.05) is 0 Å². The summed E-state index contributed by atoms with van der Waals surface area (Å²) in [5.41, 5.74) is 0.237. The predicted molar refractivity (Wildman–Crippen MR) is 64.9 cm³/mol. The van der Waals surface area contributed by atoms with Crippen LogP contribution in [0, 0.1) is 6.92 Å². The monoisotopic (exact) mass is 257 g/mol. The van der Waals surface area contributed by atoms with Crippen molar-refractivity contribution in [2.45, 2.75) is 39.8 Å². The van der Waals surface area contributed by atoms with E-state index in [0.717, 1.165) is 5.69 Å². The fraction of sp³-hybridized carbons (Fsp3) is 0.545. The molecular weight excluding hydrogens is 242 g/mol. The maximum atomic E-state index is 11.4. The molecule has 1 rings (SSSR count). The number of carbonyl (C=O) groups excluding carboxylic acids is 1. The van der Waals surface area contributed by atoms with Crippen molar-refractivity contribution in [3.63, 3.8) is 0 Å². The van der Waals surface area contributed by atoms with Crippen molar-refractivity contribution >= 4 is 17.7 Å². The second-order valence-corrected chi connectivity index (χ2v) is 4.99. The first-order valence-electron chi connectivity index (χ1n) is 5.23. The molecule has 0 aliphatic carbocycles. The number of aryl methyl sites for hydroxylation is 1. The van der Waals surface area contributed by atoms with Crippen LogP contribution >= 0.6 is 11.6 Å². The lowest BCUT2D eigenvalue weighted by Gasteiger charge is -2.19. The molecule has 1 amide bonds. The minimum Gasteiger partial charge on any atom is -0.444 e. The van der Waals surface area contributed by atoms with Gasteiger partial charge in [-0.25, -0.2) is 14.8 Å². The lowest BCUT2D eigenvalue weighted by molar-refractivity contribution is 0.0522. The first-order valence-corrected chi connectivity index (χ1v) is 5.61. The van der Waals surface area contributed by atoms with Crippen molar-refractivity contribution in [3.05, 3.63) is 22.7 Å². The van der Waals surface area contributed by atoms with Crippen LogP contribution in [0.1, 0.15) is 32.3 Å². The highest BCUT2D eigenvalue weighted by Crippen LogP contribution is 2.08. The minimum atomic E-state index is -0.519. The van der Waals surface area contributed by atoms with Gasteiger partial charge in [0.2, 0.25) is 0 Å². The van der Waals surface area contributed by atoms with Crippen LogP contribution < -0.4 is 5.32 Å². The molecule has 0 radical (unpaired) electrons. The van der Waals surface area contributed by atoms with E-state index in [1.807, 2.05) is 6.92 Å². The first-order chi connectivity index (χ1) is 7.76. The summed E-state index contributed by atoms with van der Waals surface area (Å²) < 4.78 is 5.08. The second kappa shape index (κ2) is 5.31. The van der Waals surface area contributed by atoms with Gasteiger partial charge in [-0.1, -0.05) is 11.6 Å². The lowest BCUT2D eigenvalue weighted by Crippen LogP contribution is -2.32. The Hall–Kier alpha value is -1.36. The normalized spacial score (nSPS) is 11.1. The highest BCUT2D eigenvalue weighted by Gasteiger charge is 2.16. The van der Waals surface area contributed by atoms with Crippen molar-refractivity contribution in [2.24, 2.45) is 0 Å². The molecule has 94 valence electrons. The number of alkyl carbamates (subject to hydrolysis) is 1. The Balaban J connectivity index is 2.53. The van der Waals surface area contributed by atoms with Gasteiger partial charge in [0.05, 0.1) is 6.54 Å². The van der Waals surface area contributed by atoms with E-state index in [0.29, 0.717) is 11.0 Å². The fourth-order valence-corrected chi connectivity index (χ4v) is 1.39. The van der Waals surface area contributed by atoms with Gasteiger partial charge >= 0.3 is 6.09 Å². The third-order valence-corrected chi connectivity index (χ3v) is 1.85. The van der Waals surface area contributed by atoms with E-state index in [1.54, 1.807) is 26.8 Å². The van der Waals surface area contributed by atoms with Crippen LogP contribution in [0.4, 0.5) is 4.79 Å². The number of hydrogen-bond donors (Lipinski definition) is 1. The lowest BCUT2D eigenvalue weighted by atomic mass is 10.2. The quantitative estimate of drug-likeness (QED) is 0.827. The highest BCUT2D eigenvalue weighted by molar-refractivity contribution is 6.29. The van der Waals surface area contributed by atoms with Gasteiger partial charge in [-0.05, 0) is 33.8 Å². The summed E-state index contributed by atoms with van der Waals surface area (Å²) in [6.45, 7) is 7.40. The topological polar surface area (TPSA) is 64.1 Å². The summed E-state index contributed by atoms with van der Waals surface area (Å²) in [6.07, 6.45) is -0.501. The Kier molecular flexibility index (Phi) is 4.28. The van der Waals surface area contributed by atoms with E-state index in [-0.39, 0.29) is 6.54 Å². The number of halogens is 1. The summed E-state index contributed by atoms with van der Waals surface area (Å²) >= 11 is 5.78. The molecule has 0 fully saturated rings. The molecular formula is C11H16ClN3O2. The molecule has 0 aliphatic heterocycles. The van der Waals surface area contributed by atoms with Crippen LogP contribution in [0.3, 0.4) is 0 Å². The van der Waals surface area contributed by atoms with Crippen LogP contribution in [0.15, 0.2) is 6.07 Å². The SMILES string of the molecule is Cc1cc(Cl)nc(CNC(=O)OC(C)(C)C)n1. The van der Waals surface area contributed by atoms with E-state index in [2.05, 4.69) is 15.3 Å². The molecule has 6 heteroatoms. The van der Waals surface area contributed by atoms with Gasteiger partial charge < -0.3 is 10.1 Å². The smallest absolute Gasteiger partial charge is 0.408 e. The summed E-state index contributed by atoms with van der Waals surface area (Å²) in [4.78, 5) is 19.5. The number of rotatable bonds is 2. The summed E-state index contributed by atoms with van der Waals surface area (Å²) in [5, 5.41) is 2.92. The Morgan fingerprint density at radius 3 is 2.65 bits per heavy atom. The number of ether oxygens (including phenoxy) is 1. The zero-order valence-electron chi connectivity index (χ0n) is 10.4. The Morgan fingerprint density at radius 2 is 2.12 bits per heavy atom. The van der Waals surface area contributed by atoms with Crippen LogP contribution in [0.5, 0.6) is 0 Å². The average Bonchev–Trinajstić information content (AvgIpc) is 2.10. The Morgan fingerprint density at radius 1 is 1.47 bits per heavy atom. The molecule has 17 heavy (non-hydrogen) atoms. The zero-order valence-corrected chi connectivity index (χ0v) is 11.1. The molecule has 0 bridgehead atoms. The molecule has 0 saturated heterocycles. The summed E-state index contributed by atoms with van der Waals surface area (Å²) in [6, 6.07) is 1.65. The number of hydrogen-bond acceptors (Lipinski definition) is 4. The molecule has 1 aromatic heterocycles. The van der Waals surface area contributed by atoms with Crippen molar-refractivity contribution in [1.29, 1.82) is 0 Å². The van der Waals surface area contributed by atoms with Gasteiger partial charge in [0.1, 0.15) is 16.6 Å². The standard InChI is InChI=1S/C11H16ClN3O2/c1-7-5-8(12)15-9(14-7)6-13-10(16)17-11(2,3)4/h5H,6H2,1-4H3,(H,13,16). The third-order valence-electron chi connectivity index (χ3n) is 1.66. The first kappa shape index (κ1) is 13.7. The Bertz CT molecular complexity index is 395. The Labute approximate surface area is 106 Å². The predicted octanol–water partition coefficient (Wildman–Crippen LogP) is 2.46. The third kappa shape index (κ3) is 5.49. The number of carbonyl (C=O) groups is 1. The van der Waals surface area contributed by atoms with Crippen molar-refractivity contribution in [3.8, 4) is 0 Å². The maximum absolute atomic E-state index is 11.4. The second-order valence-electron chi connectivity index (χ2n) is 4.60. The molecule has 1 aromatic rings. The average molecular weight is 258 g/mol. The maximum Gasteiger partial charge on any atom is 0.408 e. The van der Waals surface area contributed by atoms with E-state index in [1.165, 1.54) is 0 Å². The van der Waals surface area contributed by atoms with Gasteiger partial charge in [0.25, 0.3) is 0 Å². The van der Waals surface area contributed by atoms with E-state index < -0.39 is 11.7 Å². The van der Waals surface area contributed by atoms with Crippen LogP contribution in [-0.2, 0) is 11.3 Å². The zero-order chi connectivity index (χ0) is 13.1. The number of amides is 1. The summed E-state index contributed by atoms with van der Waals surface area (Å²) in [7, 11) is 0. The molecule has 5 nitrogen and oxygen atoms in total. The molecule has 0 unspecified atom stereocenters. The largest absolute Gasteiger partial charge is 0.444 e. The number of nitrogens with one attached hydrogen (secondary N) is 1. The molecule has 0 saturated carbocycles. The van der Waals surface area contributed by atoms with E-state index in [9.17, 15) is 4.79 Å². The number of nitrogens with zero attached hydrogens (tertiary/aromatic N) is 2. The van der Waals surface area contributed by atoms with Crippen LogP contribution in [-0.4, -0.2) is 21.7 Å². The van der Waals surface area contributed by atoms with Gasteiger partial charge in [-0.2, -0.15) is 0 Å². The molecule has 0 spiro atoms. The molecule has 1 N–H and O–H groups in total. The highest BCUT2D eigenvalue weighted by atomic mass is 35.5. The van der Waals surface area contributed by atoms with Gasteiger partial charge in [0.15, 0.2) is 0 Å². The molecule has 0 aromatic carbocycles. The molecule has 0 atom stereocenters. The van der Waals surface area contributed by atoms with Gasteiger partial charge in [-0.3, -0.25) is 0 Å². The van der Waals surface area contributed by atoms with E-state index in [4.69, 9.17) is 16.3 Å². The van der Waals surface area contributed by atoms with Crippen LogP contribution in [0.25, 0.3) is 0 Å². The van der Waals surface area contributed by atoms with E-state index >= 15 is 0 Å². The minimum absolute atomic E-state index is 0.191. The summed E-state index contributed by atoms with van der Waals surface area (Å²) in [5.74, 6) is 0.459. The van der Waals surface area contributed by atoms with Gasteiger partial charge in [-0.15, -0.1) is 0 Å².